The van der Waals surface area contributed by atoms with Gasteiger partial charge in [-0.1, -0.05) is 0 Å². The fourth-order valence-corrected chi connectivity index (χ4v) is 1.15. The molecular formula is C11H21NO. The van der Waals surface area contributed by atoms with Gasteiger partial charge in [0.25, 0.3) is 0 Å². The van der Waals surface area contributed by atoms with Crippen LogP contribution in [0.3, 0.4) is 0 Å². The molecule has 0 fully saturated rings. The molecule has 0 aromatic rings. The van der Waals surface area contributed by atoms with Crippen LogP contribution in [-0.4, -0.2) is 25.3 Å². The molecule has 2 heteroatoms. The van der Waals surface area contributed by atoms with Crippen LogP contribution in [0.5, 0.6) is 0 Å². The van der Waals surface area contributed by atoms with Gasteiger partial charge >= 0.3 is 0 Å². The normalized spacial score (nSPS) is 11.2. The minimum atomic E-state index is -0.0646. The molecule has 0 radical (unpaired) electrons. The Morgan fingerprint density at radius 1 is 1.46 bits per heavy atom. The fraction of sp³-hybridized carbons (Fsp3) is 0.818. The van der Waals surface area contributed by atoms with E-state index in [0.29, 0.717) is 0 Å². The van der Waals surface area contributed by atoms with Gasteiger partial charge < -0.3 is 10.1 Å². The van der Waals surface area contributed by atoms with Crippen molar-refractivity contribution in [3.8, 4) is 12.3 Å². The molecule has 0 unspecified atom stereocenters. The van der Waals surface area contributed by atoms with Crippen molar-refractivity contribution in [2.24, 2.45) is 0 Å². The summed E-state index contributed by atoms with van der Waals surface area (Å²) in [5.41, 5.74) is -0.0646. The van der Waals surface area contributed by atoms with Gasteiger partial charge in [0.05, 0.1) is 5.60 Å². The summed E-state index contributed by atoms with van der Waals surface area (Å²) < 4.78 is 5.53. The second-order valence-electron chi connectivity index (χ2n) is 3.68. The van der Waals surface area contributed by atoms with Gasteiger partial charge in [0, 0.05) is 19.6 Å². The van der Waals surface area contributed by atoms with Crippen molar-refractivity contribution >= 4 is 0 Å². The smallest absolute Gasteiger partial charge is 0.0750 e. The summed E-state index contributed by atoms with van der Waals surface area (Å²) in [6.07, 6.45) is 7.03. The van der Waals surface area contributed by atoms with Gasteiger partial charge in [-0.15, -0.1) is 12.3 Å². The molecule has 0 atom stereocenters. The van der Waals surface area contributed by atoms with Crippen LogP contribution in [0.15, 0.2) is 0 Å². The molecule has 0 bridgehead atoms. The number of rotatable bonds is 7. The van der Waals surface area contributed by atoms with Crippen molar-refractivity contribution in [2.75, 3.05) is 19.7 Å². The van der Waals surface area contributed by atoms with Crippen LogP contribution in [0.25, 0.3) is 0 Å². The van der Waals surface area contributed by atoms with Crippen LogP contribution < -0.4 is 5.32 Å². The summed E-state index contributed by atoms with van der Waals surface area (Å²) in [6.45, 7) is 8.81. The second kappa shape index (κ2) is 6.94. The first-order valence-electron chi connectivity index (χ1n) is 4.90. The molecule has 0 heterocycles. The van der Waals surface area contributed by atoms with Crippen molar-refractivity contribution in [1.82, 2.24) is 5.32 Å². The van der Waals surface area contributed by atoms with E-state index in [9.17, 15) is 0 Å². The Kier molecular flexibility index (Phi) is 6.66. The molecule has 76 valence electrons. The molecular weight excluding hydrogens is 162 g/mol. The van der Waals surface area contributed by atoms with E-state index in [1.165, 1.54) is 0 Å². The number of hydrogen-bond acceptors (Lipinski definition) is 2. The van der Waals surface area contributed by atoms with Crippen LogP contribution in [0, 0.1) is 12.3 Å². The highest BCUT2D eigenvalue weighted by Crippen LogP contribution is 2.06. The van der Waals surface area contributed by atoms with Crippen molar-refractivity contribution < 1.29 is 4.74 Å². The molecule has 0 amide bonds. The Morgan fingerprint density at radius 3 is 2.69 bits per heavy atom. The standard InChI is InChI=1S/C11H21NO/c1-5-7-8-9-12-10-11(3,4)13-6-2/h1,12H,6-10H2,2-4H3. The average Bonchev–Trinajstić information content (AvgIpc) is 2.04. The van der Waals surface area contributed by atoms with E-state index in [-0.39, 0.29) is 5.60 Å². The molecule has 0 aromatic heterocycles. The Hall–Kier alpha value is -0.520. The maximum absolute atomic E-state index is 5.53. The zero-order valence-electron chi connectivity index (χ0n) is 9.02. The molecule has 0 aliphatic carbocycles. The van der Waals surface area contributed by atoms with Crippen molar-refractivity contribution in [2.45, 2.75) is 39.2 Å². The Morgan fingerprint density at radius 2 is 2.15 bits per heavy atom. The van der Waals surface area contributed by atoms with Gasteiger partial charge in [-0.05, 0) is 33.7 Å². The monoisotopic (exact) mass is 183 g/mol. The lowest BCUT2D eigenvalue weighted by molar-refractivity contribution is -0.00864. The highest BCUT2D eigenvalue weighted by molar-refractivity contribution is 4.83. The third-order valence-electron chi connectivity index (χ3n) is 1.76. The van der Waals surface area contributed by atoms with Crippen molar-refractivity contribution in [1.29, 1.82) is 0 Å². The molecule has 0 saturated heterocycles. The molecule has 1 N–H and O–H groups in total. The number of nitrogens with one attached hydrogen (secondary N) is 1. The summed E-state index contributed by atoms with van der Waals surface area (Å²) in [6, 6.07) is 0. The van der Waals surface area contributed by atoms with Crippen LogP contribution in [-0.2, 0) is 4.74 Å². The third-order valence-corrected chi connectivity index (χ3v) is 1.76. The summed E-state index contributed by atoms with van der Waals surface area (Å²) in [5, 5.41) is 3.32. The molecule has 2 nitrogen and oxygen atoms in total. The summed E-state index contributed by atoms with van der Waals surface area (Å²) in [5.74, 6) is 2.62. The highest BCUT2D eigenvalue weighted by atomic mass is 16.5. The lowest BCUT2D eigenvalue weighted by atomic mass is 10.1. The van der Waals surface area contributed by atoms with Gasteiger partial charge in [0.2, 0.25) is 0 Å². The quantitative estimate of drug-likeness (QED) is 0.480. The average molecular weight is 183 g/mol. The number of hydrogen-bond donors (Lipinski definition) is 1. The summed E-state index contributed by atoms with van der Waals surface area (Å²) >= 11 is 0. The largest absolute Gasteiger partial charge is 0.375 e. The minimum absolute atomic E-state index is 0.0646. The molecule has 0 spiro atoms. The minimum Gasteiger partial charge on any atom is -0.375 e. The van der Waals surface area contributed by atoms with Gasteiger partial charge in [-0.2, -0.15) is 0 Å². The van der Waals surface area contributed by atoms with Crippen LogP contribution in [0.1, 0.15) is 33.6 Å². The van der Waals surface area contributed by atoms with Crippen LogP contribution in [0.2, 0.25) is 0 Å². The highest BCUT2D eigenvalue weighted by Gasteiger charge is 2.15. The first kappa shape index (κ1) is 12.5. The maximum Gasteiger partial charge on any atom is 0.0750 e. The number of unbranched alkanes of at least 4 members (excludes halogenated alkanes) is 1. The van der Waals surface area contributed by atoms with Crippen LogP contribution >= 0.6 is 0 Å². The van der Waals surface area contributed by atoms with Crippen molar-refractivity contribution in [3.63, 3.8) is 0 Å². The lowest BCUT2D eigenvalue weighted by Crippen LogP contribution is -2.38. The Bertz CT molecular complexity index is 158. The van der Waals surface area contributed by atoms with E-state index >= 15 is 0 Å². The van der Waals surface area contributed by atoms with Crippen LogP contribution in [0.4, 0.5) is 0 Å². The van der Waals surface area contributed by atoms with E-state index in [2.05, 4.69) is 25.1 Å². The van der Waals surface area contributed by atoms with E-state index in [4.69, 9.17) is 11.2 Å². The molecule has 13 heavy (non-hydrogen) atoms. The zero-order valence-corrected chi connectivity index (χ0v) is 9.02. The Labute approximate surface area is 82.1 Å². The third kappa shape index (κ3) is 7.83. The van der Waals surface area contributed by atoms with E-state index in [0.717, 1.165) is 32.5 Å². The SMILES string of the molecule is C#CCCCNCC(C)(C)OCC. The summed E-state index contributed by atoms with van der Waals surface area (Å²) in [4.78, 5) is 0. The maximum atomic E-state index is 5.53. The molecule has 0 aliphatic rings. The number of terminal acetylenes is 1. The first-order chi connectivity index (χ1) is 6.12. The summed E-state index contributed by atoms with van der Waals surface area (Å²) in [7, 11) is 0. The predicted octanol–water partition coefficient (Wildman–Crippen LogP) is 1.80. The Balaban J connectivity index is 3.36. The molecule has 0 aromatic carbocycles. The zero-order chi connectivity index (χ0) is 10.2. The van der Waals surface area contributed by atoms with Gasteiger partial charge in [-0.3, -0.25) is 0 Å². The fourth-order valence-electron chi connectivity index (χ4n) is 1.15. The molecule has 0 aliphatic heterocycles. The molecule has 0 rings (SSSR count). The molecule has 0 saturated carbocycles. The van der Waals surface area contributed by atoms with E-state index in [1.54, 1.807) is 0 Å². The predicted molar refractivity (Wildman–Crippen MR) is 56.6 cm³/mol. The van der Waals surface area contributed by atoms with Gasteiger partial charge in [-0.25, -0.2) is 0 Å². The van der Waals surface area contributed by atoms with Gasteiger partial charge in [0.15, 0.2) is 0 Å². The lowest BCUT2D eigenvalue weighted by Gasteiger charge is -2.24. The van der Waals surface area contributed by atoms with E-state index < -0.39 is 0 Å². The van der Waals surface area contributed by atoms with Gasteiger partial charge in [0.1, 0.15) is 0 Å². The first-order valence-corrected chi connectivity index (χ1v) is 4.90. The van der Waals surface area contributed by atoms with E-state index in [1.807, 2.05) is 6.92 Å². The number of ether oxygens (including phenoxy) is 1. The topological polar surface area (TPSA) is 21.3 Å². The second-order valence-corrected chi connectivity index (χ2v) is 3.68. The van der Waals surface area contributed by atoms with Crippen molar-refractivity contribution in [3.05, 3.63) is 0 Å².